The van der Waals surface area contributed by atoms with E-state index in [9.17, 15) is 18.0 Å². The predicted octanol–water partition coefficient (Wildman–Crippen LogP) is 3.73. The fraction of sp³-hybridized carbons (Fsp3) is 0.533. The van der Waals surface area contributed by atoms with Gasteiger partial charge in [-0.1, -0.05) is 6.07 Å². The topological polar surface area (TPSA) is 50.4 Å². The highest BCUT2D eigenvalue weighted by molar-refractivity contribution is 5.90. The molecule has 0 spiro atoms. The molecule has 1 heterocycles. The Morgan fingerprint density at radius 1 is 1.30 bits per heavy atom. The van der Waals surface area contributed by atoms with Crippen LogP contribution in [0.5, 0.6) is 5.75 Å². The minimum absolute atomic E-state index is 0. The summed E-state index contributed by atoms with van der Waals surface area (Å²) < 4.78 is 40.3. The lowest BCUT2D eigenvalue weighted by Gasteiger charge is -2.22. The molecule has 1 aliphatic heterocycles. The molecule has 23 heavy (non-hydrogen) atoms. The van der Waals surface area contributed by atoms with Crippen molar-refractivity contribution in [2.24, 2.45) is 5.92 Å². The number of nitrogens with one attached hydrogen (secondary N) is 2. The number of halogens is 4. The second-order valence-electron chi connectivity index (χ2n) is 5.36. The molecule has 1 fully saturated rings. The summed E-state index contributed by atoms with van der Waals surface area (Å²) in [5.41, 5.74) is 0.303. The summed E-state index contributed by atoms with van der Waals surface area (Å²) in [6, 6.07) is 5.29. The summed E-state index contributed by atoms with van der Waals surface area (Å²) in [6.45, 7) is 1.95. The van der Waals surface area contributed by atoms with E-state index in [1.165, 1.54) is 18.2 Å². The van der Waals surface area contributed by atoms with Crippen molar-refractivity contribution in [3.05, 3.63) is 24.3 Å². The fourth-order valence-electron chi connectivity index (χ4n) is 2.50. The fourth-order valence-corrected chi connectivity index (χ4v) is 2.50. The van der Waals surface area contributed by atoms with Crippen molar-refractivity contribution in [3.8, 4) is 5.75 Å². The lowest BCUT2D eigenvalue weighted by Crippen LogP contribution is -2.28. The van der Waals surface area contributed by atoms with Crippen LogP contribution in [-0.2, 0) is 4.79 Å². The standard InChI is InChI=1S/C15H19F3N2O2.ClH/c16-15(17,18)22-13-3-1-2-12(10-13)20-14(21)5-4-11-6-8-19-9-7-11;/h1-3,10-11,19H,4-9H2,(H,20,21);1H. The van der Waals surface area contributed by atoms with E-state index in [-0.39, 0.29) is 24.1 Å². The monoisotopic (exact) mass is 352 g/mol. The number of carbonyl (C=O) groups is 1. The molecular formula is C15H20ClF3N2O2. The van der Waals surface area contributed by atoms with Gasteiger partial charge < -0.3 is 15.4 Å². The zero-order valence-electron chi connectivity index (χ0n) is 12.5. The van der Waals surface area contributed by atoms with Crippen LogP contribution in [-0.4, -0.2) is 25.4 Å². The molecule has 0 bridgehead atoms. The highest BCUT2D eigenvalue weighted by Gasteiger charge is 2.31. The summed E-state index contributed by atoms with van der Waals surface area (Å²) in [5, 5.41) is 5.87. The van der Waals surface area contributed by atoms with Crippen molar-refractivity contribution >= 4 is 24.0 Å². The van der Waals surface area contributed by atoms with E-state index >= 15 is 0 Å². The molecule has 8 heteroatoms. The summed E-state index contributed by atoms with van der Waals surface area (Å²) in [4.78, 5) is 11.9. The third-order valence-corrected chi connectivity index (χ3v) is 3.59. The number of benzene rings is 1. The second kappa shape index (κ2) is 8.98. The molecule has 1 aromatic carbocycles. The highest BCUT2D eigenvalue weighted by Crippen LogP contribution is 2.25. The Morgan fingerprint density at radius 3 is 2.65 bits per heavy atom. The predicted molar refractivity (Wildman–Crippen MR) is 83.8 cm³/mol. The van der Waals surface area contributed by atoms with Gasteiger partial charge in [-0.25, -0.2) is 0 Å². The maximum absolute atomic E-state index is 12.1. The van der Waals surface area contributed by atoms with Crippen LogP contribution >= 0.6 is 12.4 Å². The zero-order chi connectivity index (χ0) is 16.0. The molecule has 1 aromatic rings. The zero-order valence-corrected chi connectivity index (χ0v) is 13.3. The van der Waals surface area contributed by atoms with Gasteiger partial charge in [0.05, 0.1) is 0 Å². The molecule has 0 atom stereocenters. The number of alkyl halides is 3. The Labute approximate surface area is 139 Å². The van der Waals surface area contributed by atoms with Gasteiger partial charge >= 0.3 is 6.36 Å². The normalized spacial score (nSPS) is 15.6. The Hall–Kier alpha value is -1.47. The molecule has 0 aromatic heterocycles. The van der Waals surface area contributed by atoms with Crippen molar-refractivity contribution in [1.82, 2.24) is 5.32 Å². The van der Waals surface area contributed by atoms with Gasteiger partial charge in [-0.2, -0.15) is 0 Å². The maximum atomic E-state index is 12.1. The van der Waals surface area contributed by atoms with E-state index in [0.717, 1.165) is 38.4 Å². The molecule has 1 amide bonds. The van der Waals surface area contributed by atoms with Gasteiger partial charge in [0.25, 0.3) is 0 Å². The number of anilines is 1. The van der Waals surface area contributed by atoms with Gasteiger partial charge in [0.1, 0.15) is 5.75 Å². The van der Waals surface area contributed by atoms with Gasteiger partial charge in [0.15, 0.2) is 0 Å². The SMILES string of the molecule is Cl.O=C(CCC1CCNCC1)Nc1cccc(OC(F)(F)F)c1. The summed E-state index contributed by atoms with van der Waals surface area (Å²) in [6.07, 6.45) is -1.46. The van der Waals surface area contributed by atoms with E-state index in [1.54, 1.807) is 0 Å². The lowest BCUT2D eigenvalue weighted by atomic mass is 9.93. The largest absolute Gasteiger partial charge is 0.573 e. The van der Waals surface area contributed by atoms with Crippen LogP contribution in [0.1, 0.15) is 25.7 Å². The second-order valence-corrected chi connectivity index (χ2v) is 5.36. The maximum Gasteiger partial charge on any atom is 0.573 e. The van der Waals surface area contributed by atoms with E-state index < -0.39 is 6.36 Å². The van der Waals surface area contributed by atoms with Gasteiger partial charge in [-0.05, 0) is 50.4 Å². The van der Waals surface area contributed by atoms with Crippen LogP contribution in [0, 0.1) is 5.92 Å². The average molecular weight is 353 g/mol. The molecule has 2 rings (SSSR count). The summed E-state index contributed by atoms with van der Waals surface area (Å²) in [5.74, 6) is -0.00163. The average Bonchev–Trinajstić information content (AvgIpc) is 2.45. The molecular weight excluding hydrogens is 333 g/mol. The van der Waals surface area contributed by atoms with E-state index in [0.29, 0.717) is 18.0 Å². The van der Waals surface area contributed by atoms with Crippen LogP contribution in [0.25, 0.3) is 0 Å². The van der Waals surface area contributed by atoms with Crippen LogP contribution in [0.2, 0.25) is 0 Å². The summed E-state index contributed by atoms with van der Waals surface area (Å²) in [7, 11) is 0. The van der Waals surface area contributed by atoms with Gasteiger partial charge in [-0.15, -0.1) is 25.6 Å². The van der Waals surface area contributed by atoms with Crippen LogP contribution in [0.3, 0.4) is 0 Å². The molecule has 0 aliphatic carbocycles. The quantitative estimate of drug-likeness (QED) is 0.849. The van der Waals surface area contributed by atoms with Crippen molar-refractivity contribution in [1.29, 1.82) is 0 Å². The molecule has 0 unspecified atom stereocenters. The Bertz CT molecular complexity index is 506. The first-order valence-electron chi connectivity index (χ1n) is 7.29. The molecule has 0 saturated carbocycles. The first kappa shape index (κ1) is 19.6. The number of amides is 1. The number of ether oxygens (including phenoxy) is 1. The minimum Gasteiger partial charge on any atom is -0.406 e. The van der Waals surface area contributed by atoms with E-state index in [1.807, 2.05) is 0 Å². The molecule has 2 N–H and O–H groups in total. The number of piperidine rings is 1. The van der Waals surface area contributed by atoms with Crippen LogP contribution < -0.4 is 15.4 Å². The number of hydrogen-bond donors (Lipinski definition) is 2. The minimum atomic E-state index is -4.74. The third kappa shape index (κ3) is 7.56. The molecule has 0 radical (unpaired) electrons. The smallest absolute Gasteiger partial charge is 0.406 e. The van der Waals surface area contributed by atoms with E-state index in [2.05, 4.69) is 15.4 Å². The van der Waals surface area contributed by atoms with Gasteiger partial charge in [0.2, 0.25) is 5.91 Å². The van der Waals surface area contributed by atoms with Crippen molar-refractivity contribution in [2.45, 2.75) is 32.0 Å². The first-order valence-corrected chi connectivity index (χ1v) is 7.29. The number of carbonyl (C=O) groups excluding carboxylic acids is 1. The molecule has 4 nitrogen and oxygen atoms in total. The van der Waals surface area contributed by atoms with Crippen molar-refractivity contribution < 1.29 is 22.7 Å². The van der Waals surface area contributed by atoms with Crippen molar-refractivity contribution in [2.75, 3.05) is 18.4 Å². The Morgan fingerprint density at radius 2 is 2.00 bits per heavy atom. The molecule has 1 aliphatic rings. The number of hydrogen-bond acceptors (Lipinski definition) is 3. The summed E-state index contributed by atoms with van der Waals surface area (Å²) >= 11 is 0. The first-order chi connectivity index (χ1) is 10.4. The lowest BCUT2D eigenvalue weighted by molar-refractivity contribution is -0.274. The van der Waals surface area contributed by atoms with Crippen molar-refractivity contribution in [3.63, 3.8) is 0 Å². The molecule has 1 saturated heterocycles. The Kier molecular flexibility index (Phi) is 7.64. The molecule has 130 valence electrons. The third-order valence-electron chi connectivity index (χ3n) is 3.59. The number of rotatable bonds is 5. The van der Waals surface area contributed by atoms with Crippen LogP contribution in [0.15, 0.2) is 24.3 Å². The Balaban J connectivity index is 0.00000264. The van der Waals surface area contributed by atoms with Gasteiger partial charge in [-0.3, -0.25) is 4.79 Å². The van der Waals surface area contributed by atoms with Gasteiger partial charge in [0, 0.05) is 18.2 Å². The van der Waals surface area contributed by atoms with E-state index in [4.69, 9.17) is 0 Å². The van der Waals surface area contributed by atoms with Crippen LogP contribution in [0.4, 0.5) is 18.9 Å². The highest BCUT2D eigenvalue weighted by atomic mass is 35.5.